The van der Waals surface area contributed by atoms with Crippen molar-refractivity contribution in [3.05, 3.63) is 34.4 Å². The molecule has 1 aliphatic carbocycles. The van der Waals surface area contributed by atoms with Crippen LogP contribution in [0.15, 0.2) is 24.3 Å². The number of esters is 1. The molecule has 0 heterocycles. The van der Waals surface area contributed by atoms with Crippen LogP contribution in [0.4, 0.5) is 19.3 Å². The molecule has 0 aliphatic heterocycles. The molecule has 1 aliphatic rings. The Morgan fingerprint density at radius 3 is 2.47 bits per heavy atom. The molecule has 1 aromatic carbocycles. The van der Waals surface area contributed by atoms with Gasteiger partial charge in [0, 0.05) is 0 Å². The van der Waals surface area contributed by atoms with Crippen molar-refractivity contribution in [3.63, 3.8) is 0 Å². The average Bonchev–Trinajstić information content (AvgIpc) is 3.16. The first-order valence-corrected chi connectivity index (χ1v) is 11.6. The number of hydrogen-bond donors (Lipinski definition) is 1. The molecule has 4 atom stereocenters. The van der Waals surface area contributed by atoms with Gasteiger partial charge in [-0.15, -0.1) is 0 Å². The van der Waals surface area contributed by atoms with Crippen molar-refractivity contribution in [1.82, 2.24) is 5.32 Å². The van der Waals surface area contributed by atoms with Gasteiger partial charge in [0.05, 0.1) is 0 Å². The Morgan fingerprint density at radius 1 is 1.33 bits per heavy atom. The number of methoxy groups -OCH3 is 1. The summed E-state index contributed by atoms with van der Waals surface area (Å²) >= 11 is -3.23. The number of benzene rings is 1. The number of nitro benzene ring substituents is 1. The molecule has 12 heteroatoms. The zero-order valence-electron chi connectivity index (χ0n) is 16.7. The van der Waals surface area contributed by atoms with Gasteiger partial charge in [0.25, 0.3) is 0 Å². The Hall–Kier alpha value is -2.46. The van der Waals surface area contributed by atoms with E-state index in [-0.39, 0.29) is 4.46 Å². The number of alkyl halides is 2. The van der Waals surface area contributed by atoms with Crippen molar-refractivity contribution in [2.24, 2.45) is 11.8 Å². The third-order valence-corrected chi connectivity index (χ3v) is 7.53. The second kappa shape index (κ2) is 8.73. The average molecular weight is 495 g/mol. The van der Waals surface area contributed by atoms with Gasteiger partial charge in [0.2, 0.25) is 0 Å². The summed E-state index contributed by atoms with van der Waals surface area (Å²) in [5.41, 5.74) is -1.33. The van der Waals surface area contributed by atoms with E-state index in [1.165, 1.54) is 18.2 Å². The van der Waals surface area contributed by atoms with E-state index in [1.54, 1.807) is 20.8 Å². The summed E-state index contributed by atoms with van der Waals surface area (Å²) in [5, 5.41) is 12.7. The molecule has 0 bridgehead atoms. The molecule has 1 amide bonds. The van der Waals surface area contributed by atoms with Gasteiger partial charge in [-0.25, -0.2) is 0 Å². The number of alkyl carbamates (subject to hydrolysis) is 1. The molecule has 0 radical (unpaired) electrons. The van der Waals surface area contributed by atoms with E-state index in [0.717, 1.165) is 13.2 Å². The molecule has 0 saturated heterocycles. The molecule has 1 N–H and O–H groups in total. The van der Waals surface area contributed by atoms with Crippen molar-refractivity contribution in [2.75, 3.05) is 7.11 Å². The summed E-state index contributed by atoms with van der Waals surface area (Å²) < 4.78 is 51.1. The molecule has 1 saturated carbocycles. The fourth-order valence-corrected chi connectivity index (χ4v) is 6.23. The molecule has 2 rings (SSSR count). The minimum absolute atomic E-state index is 0.0985. The van der Waals surface area contributed by atoms with Gasteiger partial charge in [0.15, 0.2) is 0 Å². The number of carbonyl (C=O) groups is 2. The molecule has 9 nitrogen and oxygen atoms in total. The summed E-state index contributed by atoms with van der Waals surface area (Å²) in [7, 11) is 0.985. The van der Waals surface area contributed by atoms with Gasteiger partial charge in [0.1, 0.15) is 0 Å². The van der Waals surface area contributed by atoms with E-state index in [1.807, 2.05) is 0 Å². The second-order valence-electron chi connectivity index (χ2n) is 7.69. The van der Waals surface area contributed by atoms with E-state index in [0.29, 0.717) is 0 Å². The fraction of sp³-hybridized carbons (Fsp3) is 0.556. The molecule has 1 aromatic rings. The second-order valence-corrected chi connectivity index (χ2v) is 10.8. The predicted molar refractivity (Wildman–Crippen MR) is 101 cm³/mol. The Kier molecular flexibility index (Phi) is 6.93. The summed E-state index contributed by atoms with van der Waals surface area (Å²) in [6.45, 7) is 4.69. The number of amides is 1. The maximum atomic E-state index is 14.5. The van der Waals surface area contributed by atoms with E-state index >= 15 is 0 Å². The van der Waals surface area contributed by atoms with Crippen molar-refractivity contribution in [2.45, 2.75) is 43.7 Å². The van der Waals surface area contributed by atoms with E-state index in [9.17, 15) is 32.3 Å². The van der Waals surface area contributed by atoms with Crippen LogP contribution >= 0.6 is 0 Å². The van der Waals surface area contributed by atoms with E-state index in [2.05, 4.69) is 10.1 Å². The SMILES string of the molecule is COC(=O)[C@@H](NC(=O)OC(C)(C)C)[C@@H]1[C@H](C[Se](=O)c2ccccc2[N+](=O)[O-])C1(F)F. The number of para-hydroxylation sites is 1. The van der Waals surface area contributed by atoms with Crippen LogP contribution in [0.2, 0.25) is 5.32 Å². The van der Waals surface area contributed by atoms with Crippen LogP contribution in [0, 0.1) is 22.0 Å². The minimum atomic E-state index is -3.41. The molecular formula is C18H22F2N2O7Se. The van der Waals surface area contributed by atoms with Crippen LogP contribution in [0.1, 0.15) is 20.8 Å². The number of halogens is 2. The van der Waals surface area contributed by atoms with Crippen molar-refractivity contribution < 1.29 is 36.6 Å². The fourth-order valence-electron chi connectivity index (χ4n) is 3.00. The Bertz CT molecular complexity index is 872. The molecule has 166 valence electrons. The molecule has 1 fully saturated rings. The van der Waals surface area contributed by atoms with Gasteiger partial charge >= 0.3 is 175 Å². The molecule has 30 heavy (non-hydrogen) atoms. The summed E-state index contributed by atoms with van der Waals surface area (Å²) in [4.78, 5) is 34.4. The summed E-state index contributed by atoms with van der Waals surface area (Å²) in [6.07, 6.45) is -1.08. The number of nitrogens with zero attached hydrogens (tertiary/aromatic N) is 1. The van der Waals surface area contributed by atoms with Crippen LogP contribution < -0.4 is 9.78 Å². The van der Waals surface area contributed by atoms with Crippen LogP contribution in [-0.2, 0) is 18.1 Å². The van der Waals surface area contributed by atoms with E-state index < -0.39 is 71.2 Å². The maximum absolute atomic E-state index is 14.5. The number of rotatable bonds is 7. The van der Waals surface area contributed by atoms with Crippen LogP contribution in [-0.4, -0.2) is 55.5 Å². The summed E-state index contributed by atoms with van der Waals surface area (Å²) in [5.74, 6) is -7.69. The monoisotopic (exact) mass is 496 g/mol. The quantitative estimate of drug-likeness (QED) is 0.266. The van der Waals surface area contributed by atoms with Crippen LogP contribution in [0.25, 0.3) is 0 Å². The third kappa shape index (κ3) is 5.37. The summed E-state index contributed by atoms with van der Waals surface area (Å²) in [6, 6.07) is 3.51. The van der Waals surface area contributed by atoms with Gasteiger partial charge in [-0.1, -0.05) is 0 Å². The number of carbonyl (C=O) groups excluding carboxylic acids is 2. The molecule has 1 unspecified atom stereocenters. The zero-order chi connectivity index (χ0) is 22.9. The number of ether oxygens (including phenoxy) is 2. The zero-order valence-corrected chi connectivity index (χ0v) is 18.4. The number of nitro groups is 1. The van der Waals surface area contributed by atoms with Crippen molar-refractivity contribution >= 4 is 36.0 Å². The third-order valence-electron chi connectivity index (χ3n) is 4.39. The van der Waals surface area contributed by atoms with Gasteiger partial charge in [-0.05, 0) is 0 Å². The standard InChI is InChI=1S/C18H22F2N2O7Se/c1-17(2,3)29-16(24)21-14(15(23)28-4)13-10(18(13,19)20)9-30(27)12-8-6-5-7-11(12)22(25)26/h5-8,10,13-14H,9H2,1-4H3,(H,21,24)/t10-,13-,14-,30?/m0/s1. The molecule has 0 spiro atoms. The van der Waals surface area contributed by atoms with Crippen molar-refractivity contribution in [1.29, 1.82) is 0 Å². The van der Waals surface area contributed by atoms with Crippen LogP contribution in [0.3, 0.4) is 0 Å². The molecular weight excluding hydrogens is 473 g/mol. The first-order chi connectivity index (χ1) is 13.8. The normalized spacial score (nSPS) is 21.8. The number of nitrogens with one attached hydrogen (secondary N) is 1. The van der Waals surface area contributed by atoms with E-state index in [4.69, 9.17) is 4.74 Å². The Balaban J connectivity index is 2.20. The van der Waals surface area contributed by atoms with Crippen molar-refractivity contribution in [3.8, 4) is 0 Å². The van der Waals surface area contributed by atoms with Gasteiger partial charge in [-0.2, -0.15) is 0 Å². The first-order valence-electron chi connectivity index (χ1n) is 8.86. The van der Waals surface area contributed by atoms with Gasteiger partial charge < -0.3 is 0 Å². The molecule has 0 aromatic heterocycles. The van der Waals surface area contributed by atoms with Gasteiger partial charge in [-0.3, -0.25) is 0 Å². The first kappa shape index (κ1) is 23.8. The predicted octanol–water partition coefficient (Wildman–Crippen LogP) is 2.17. The Labute approximate surface area is 175 Å². The topological polar surface area (TPSA) is 125 Å². The number of hydrogen-bond acceptors (Lipinski definition) is 7. The Morgan fingerprint density at radius 2 is 1.93 bits per heavy atom. The van der Waals surface area contributed by atoms with Crippen LogP contribution in [0.5, 0.6) is 0 Å².